The van der Waals surface area contributed by atoms with Crippen LogP contribution in [0, 0.1) is 5.92 Å². The van der Waals surface area contributed by atoms with E-state index >= 15 is 0 Å². The second-order valence-corrected chi connectivity index (χ2v) is 6.59. The Labute approximate surface area is 140 Å². The molecule has 1 aromatic rings. The Morgan fingerprint density at radius 1 is 1.35 bits per heavy atom. The number of hydrogen-bond donors (Lipinski definition) is 1. The van der Waals surface area contributed by atoms with Crippen molar-refractivity contribution in [1.82, 2.24) is 15.2 Å². The van der Waals surface area contributed by atoms with Crippen LogP contribution in [0.2, 0.25) is 0 Å². The summed E-state index contributed by atoms with van der Waals surface area (Å²) in [6.07, 6.45) is 1.25. The maximum absolute atomic E-state index is 12.7. The summed E-state index contributed by atoms with van der Waals surface area (Å²) in [5.41, 5.74) is 0. The van der Waals surface area contributed by atoms with Crippen molar-refractivity contribution >= 4 is 28.5 Å². The number of hydrogen-bond acceptors (Lipinski definition) is 6. The van der Waals surface area contributed by atoms with Crippen molar-refractivity contribution in [3.05, 3.63) is 11.6 Å². The number of rotatable bonds is 5. The topological polar surface area (TPSA) is 74.8 Å². The van der Waals surface area contributed by atoms with Gasteiger partial charge in [-0.1, -0.05) is 13.8 Å². The van der Waals surface area contributed by atoms with Crippen LogP contribution >= 0.6 is 11.3 Å². The molecular weight excluding hydrogens is 316 g/mol. The first-order valence-corrected chi connectivity index (χ1v) is 8.77. The first-order valence-electron chi connectivity index (χ1n) is 7.89. The van der Waals surface area contributed by atoms with Crippen molar-refractivity contribution in [1.29, 1.82) is 0 Å². The van der Waals surface area contributed by atoms with E-state index < -0.39 is 12.1 Å². The fourth-order valence-electron chi connectivity index (χ4n) is 2.50. The summed E-state index contributed by atoms with van der Waals surface area (Å²) < 4.78 is 4.89. The maximum Gasteiger partial charge on any atom is 0.407 e. The highest BCUT2D eigenvalue weighted by molar-refractivity contribution is 7.13. The molecule has 1 aliphatic rings. The number of ether oxygens (including phenoxy) is 1. The third-order valence-electron chi connectivity index (χ3n) is 3.76. The standard InChI is InChI=1S/C15H24N4O3S/c1-4-22-15(21)17-12(11(2)3)13(20)18-6-8-19(9-7-18)14-16-5-10-23-14/h5,10-12H,4,6-9H2,1-3H3,(H,17,21)/t12-/m0/s1. The average molecular weight is 340 g/mol. The average Bonchev–Trinajstić information content (AvgIpc) is 3.06. The van der Waals surface area contributed by atoms with E-state index in [9.17, 15) is 9.59 Å². The number of amides is 2. The van der Waals surface area contributed by atoms with Crippen LogP contribution in [0.5, 0.6) is 0 Å². The molecule has 8 heteroatoms. The fraction of sp³-hybridized carbons (Fsp3) is 0.667. The number of aromatic nitrogens is 1. The van der Waals surface area contributed by atoms with Gasteiger partial charge in [-0.05, 0) is 12.8 Å². The highest BCUT2D eigenvalue weighted by Crippen LogP contribution is 2.19. The summed E-state index contributed by atoms with van der Waals surface area (Å²) >= 11 is 1.60. The van der Waals surface area contributed by atoms with Crippen LogP contribution in [0.1, 0.15) is 20.8 Å². The van der Waals surface area contributed by atoms with Crippen molar-refractivity contribution in [2.24, 2.45) is 5.92 Å². The largest absolute Gasteiger partial charge is 0.450 e. The van der Waals surface area contributed by atoms with Gasteiger partial charge in [0.25, 0.3) is 0 Å². The number of nitrogens with one attached hydrogen (secondary N) is 1. The Kier molecular flexibility index (Phi) is 6.20. The number of alkyl carbamates (subject to hydrolysis) is 1. The lowest BCUT2D eigenvalue weighted by Gasteiger charge is -2.37. The molecule has 2 amide bonds. The molecule has 23 heavy (non-hydrogen) atoms. The summed E-state index contributed by atoms with van der Waals surface area (Å²) in [6.45, 7) is 8.63. The smallest absolute Gasteiger partial charge is 0.407 e. The molecule has 1 fully saturated rings. The van der Waals surface area contributed by atoms with Crippen LogP contribution < -0.4 is 10.2 Å². The molecule has 2 rings (SSSR count). The summed E-state index contributed by atoms with van der Waals surface area (Å²) in [4.78, 5) is 32.6. The van der Waals surface area contributed by atoms with Gasteiger partial charge in [0.1, 0.15) is 6.04 Å². The van der Waals surface area contributed by atoms with E-state index in [1.165, 1.54) is 0 Å². The Balaban J connectivity index is 1.92. The second-order valence-electron chi connectivity index (χ2n) is 5.71. The predicted molar refractivity (Wildman–Crippen MR) is 89.7 cm³/mol. The minimum absolute atomic E-state index is 0.00361. The molecule has 7 nitrogen and oxygen atoms in total. The lowest BCUT2D eigenvalue weighted by atomic mass is 10.0. The summed E-state index contributed by atoms with van der Waals surface area (Å²) in [6, 6.07) is -0.555. The van der Waals surface area contributed by atoms with E-state index in [2.05, 4.69) is 15.2 Å². The third-order valence-corrected chi connectivity index (χ3v) is 4.59. The highest BCUT2D eigenvalue weighted by Gasteiger charge is 2.31. The minimum Gasteiger partial charge on any atom is -0.450 e. The SMILES string of the molecule is CCOC(=O)N[C@H](C(=O)N1CCN(c2nccs2)CC1)C(C)C. The van der Waals surface area contributed by atoms with Crippen LogP contribution in [0.15, 0.2) is 11.6 Å². The number of anilines is 1. The second kappa shape index (κ2) is 8.14. The normalized spacial score (nSPS) is 16.3. The van der Waals surface area contributed by atoms with Crippen molar-refractivity contribution in [3.8, 4) is 0 Å². The van der Waals surface area contributed by atoms with E-state index in [1.54, 1.807) is 29.4 Å². The summed E-state index contributed by atoms with van der Waals surface area (Å²) in [5, 5.41) is 5.61. The molecule has 0 spiro atoms. The van der Waals surface area contributed by atoms with Crippen molar-refractivity contribution < 1.29 is 14.3 Å². The maximum atomic E-state index is 12.7. The Bertz CT molecular complexity index is 513. The van der Waals surface area contributed by atoms with E-state index in [0.29, 0.717) is 13.1 Å². The van der Waals surface area contributed by atoms with Gasteiger partial charge >= 0.3 is 6.09 Å². The van der Waals surface area contributed by atoms with Crippen LogP contribution in [0.4, 0.5) is 9.93 Å². The van der Waals surface area contributed by atoms with Crippen molar-refractivity contribution in [3.63, 3.8) is 0 Å². The lowest BCUT2D eigenvalue weighted by molar-refractivity contribution is -0.134. The van der Waals surface area contributed by atoms with Gasteiger partial charge in [-0.2, -0.15) is 0 Å². The number of carbonyl (C=O) groups is 2. The van der Waals surface area contributed by atoms with Crippen LogP contribution in [0.25, 0.3) is 0 Å². The van der Waals surface area contributed by atoms with E-state index in [4.69, 9.17) is 4.74 Å². The first kappa shape index (κ1) is 17.5. The molecule has 0 radical (unpaired) electrons. The third kappa shape index (κ3) is 4.57. The molecule has 0 saturated carbocycles. The van der Waals surface area contributed by atoms with Gasteiger partial charge < -0.3 is 19.9 Å². The van der Waals surface area contributed by atoms with Gasteiger partial charge in [0.05, 0.1) is 6.61 Å². The van der Waals surface area contributed by atoms with Gasteiger partial charge in [-0.15, -0.1) is 11.3 Å². The molecule has 1 saturated heterocycles. The molecule has 0 bridgehead atoms. The molecule has 1 aliphatic heterocycles. The molecule has 1 aromatic heterocycles. The Hall–Kier alpha value is -1.83. The van der Waals surface area contributed by atoms with Gasteiger partial charge in [0.15, 0.2) is 5.13 Å². The Morgan fingerprint density at radius 2 is 2.04 bits per heavy atom. The van der Waals surface area contributed by atoms with Crippen LogP contribution in [0.3, 0.4) is 0 Å². The highest BCUT2D eigenvalue weighted by atomic mass is 32.1. The molecule has 1 atom stereocenters. The number of nitrogens with zero attached hydrogens (tertiary/aromatic N) is 3. The Morgan fingerprint density at radius 3 is 2.57 bits per heavy atom. The zero-order chi connectivity index (χ0) is 16.8. The first-order chi connectivity index (χ1) is 11.0. The zero-order valence-corrected chi connectivity index (χ0v) is 14.6. The monoisotopic (exact) mass is 340 g/mol. The van der Waals surface area contributed by atoms with Crippen LogP contribution in [-0.4, -0.2) is 60.7 Å². The van der Waals surface area contributed by atoms with E-state index in [1.807, 2.05) is 19.2 Å². The summed E-state index contributed by atoms with van der Waals surface area (Å²) in [7, 11) is 0. The van der Waals surface area contributed by atoms with Crippen molar-refractivity contribution in [2.75, 3.05) is 37.7 Å². The number of carbonyl (C=O) groups excluding carboxylic acids is 2. The summed E-state index contributed by atoms with van der Waals surface area (Å²) in [5.74, 6) is -0.0456. The fourth-order valence-corrected chi connectivity index (χ4v) is 3.20. The molecule has 0 aliphatic carbocycles. The minimum atomic E-state index is -0.555. The molecule has 128 valence electrons. The van der Waals surface area contributed by atoms with Gasteiger partial charge in [0.2, 0.25) is 5.91 Å². The number of piperazine rings is 1. The zero-order valence-electron chi connectivity index (χ0n) is 13.8. The quantitative estimate of drug-likeness (QED) is 0.880. The predicted octanol–water partition coefficient (Wildman–Crippen LogP) is 1.56. The molecule has 0 unspecified atom stereocenters. The molecule has 2 heterocycles. The van der Waals surface area contributed by atoms with Crippen molar-refractivity contribution in [2.45, 2.75) is 26.8 Å². The van der Waals surface area contributed by atoms with Gasteiger partial charge in [-0.25, -0.2) is 9.78 Å². The van der Waals surface area contributed by atoms with Gasteiger partial charge in [-0.3, -0.25) is 4.79 Å². The molecular formula is C15H24N4O3S. The molecule has 1 N–H and O–H groups in total. The molecule has 0 aromatic carbocycles. The van der Waals surface area contributed by atoms with Gasteiger partial charge in [0, 0.05) is 37.8 Å². The van der Waals surface area contributed by atoms with Crippen LogP contribution in [-0.2, 0) is 9.53 Å². The van der Waals surface area contributed by atoms with E-state index in [0.717, 1.165) is 18.2 Å². The number of thiazole rings is 1. The van der Waals surface area contributed by atoms with E-state index in [-0.39, 0.29) is 18.4 Å². The lowest BCUT2D eigenvalue weighted by Crippen LogP contribution is -2.56.